The van der Waals surface area contributed by atoms with E-state index in [0.29, 0.717) is 24.3 Å². The van der Waals surface area contributed by atoms with E-state index < -0.39 is 6.04 Å². The van der Waals surface area contributed by atoms with Crippen molar-refractivity contribution < 1.29 is 9.59 Å². The molecule has 1 aromatic carbocycles. The first-order chi connectivity index (χ1) is 14.9. The summed E-state index contributed by atoms with van der Waals surface area (Å²) < 4.78 is 0. The number of nitrogen functional groups attached to an aromatic ring is 1. The number of nitrogens with one attached hydrogen (secondary N) is 3. The van der Waals surface area contributed by atoms with Gasteiger partial charge in [0.05, 0.1) is 23.7 Å². The van der Waals surface area contributed by atoms with Gasteiger partial charge in [0.25, 0.3) is 0 Å². The predicted molar refractivity (Wildman–Crippen MR) is 116 cm³/mol. The summed E-state index contributed by atoms with van der Waals surface area (Å²) in [5.74, 6) is 0.221. The molecule has 31 heavy (non-hydrogen) atoms. The van der Waals surface area contributed by atoms with Gasteiger partial charge >= 0.3 is 0 Å². The van der Waals surface area contributed by atoms with Crippen molar-refractivity contribution in [3.8, 4) is 6.07 Å². The van der Waals surface area contributed by atoms with Crippen molar-refractivity contribution in [1.82, 2.24) is 20.9 Å². The van der Waals surface area contributed by atoms with Gasteiger partial charge < -0.3 is 21.7 Å². The maximum absolute atomic E-state index is 12.7. The highest BCUT2D eigenvalue weighted by Gasteiger charge is 2.32. The van der Waals surface area contributed by atoms with Crippen LogP contribution in [0.1, 0.15) is 54.1 Å². The highest BCUT2D eigenvalue weighted by Crippen LogP contribution is 2.30. The van der Waals surface area contributed by atoms with Crippen molar-refractivity contribution in [3.63, 3.8) is 0 Å². The number of hydrogen-bond acceptors (Lipinski definition) is 6. The van der Waals surface area contributed by atoms with E-state index in [0.717, 1.165) is 29.7 Å². The van der Waals surface area contributed by atoms with E-state index in [9.17, 15) is 9.59 Å². The zero-order valence-corrected chi connectivity index (χ0v) is 17.4. The third kappa shape index (κ3) is 4.52. The van der Waals surface area contributed by atoms with Gasteiger partial charge in [-0.3, -0.25) is 9.59 Å². The topological polar surface area (TPSA) is 133 Å². The first kappa shape index (κ1) is 20.8. The molecular weight excluding hydrogens is 392 g/mol. The van der Waals surface area contributed by atoms with Gasteiger partial charge in [-0.1, -0.05) is 18.2 Å². The van der Waals surface area contributed by atoms with Crippen LogP contribution in [-0.4, -0.2) is 35.4 Å². The number of nitrogens with two attached hydrogens (primary N) is 1. The van der Waals surface area contributed by atoms with Crippen molar-refractivity contribution in [2.45, 2.75) is 50.2 Å². The third-order valence-electron chi connectivity index (χ3n) is 6.08. The normalized spacial score (nSPS) is 22.9. The smallest absolute Gasteiger partial charge is 0.242 e. The van der Waals surface area contributed by atoms with Crippen LogP contribution in [0.15, 0.2) is 36.4 Å². The number of anilines is 1. The minimum Gasteiger partial charge on any atom is -0.384 e. The van der Waals surface area contributed by atoms with Gasteiger partial charge in [0.1, 0.15) is 11.9 Å². The van der Waals surface area contributed by atoms with Crippen LogP contribution in [-0.2, 0) is 16.0 Å². The monoisotopic (exact) mass is 418 g/mol. The Bertz CT molecular complexity index is 1050. The molecule has 0 radical (unpaired) electrons. The van der Waals surface area contributed by atoms with Gasteiger partial charge in [0.2, 0.25) is 11.8 Å². The summed E-state index contributed by atoms with van der Waals surface area (Å²) in [7, 11) is 0. The summed E-state index contributed by atoms with van der Waals surface area (Å²) >= 11 is 0. The van der Waals surface area contributed by atoms with Crippen molar-refractivity contribution in [2.75, 3.05) is 12.3 Å². The fourth-order valence-electron chi connectivity index (χ4n) is 4.36. The van der Waals surface area contributed by atoms with E-state index in [4.69, 9.17) is 11.0 Å². The Morgan fingerprint density at radius 1 is 1.32 bits per heavy atom. The van der Waals surface area contributed by atoms with E-state index in [-0.39, 0.29) is 29.8 Å². The molecule has 0 saturated carbocycles. The molecule has 1 aliphatic carbocycles. The maximum Gasteiger partial charge on any atom is 0.242 e. The van der Waals surface area contributed by atoms with Gasteiger partial charge in [-0.15, -0.1) is 0 Å². The predicted octanol–water partition coefficient (Wildman–Crippen LogP) is 1.29. The molecule has 1 saturated heterocycles. The fourth-order valence-corrected chi connectivity index (χ4v) is 4.36. The summed E-state index contributed by atoms with van der Waals surface area (Å²) in [6.07, 6.45) is 2.16. The van der Waals surface area contributed by atoms with Crippen LogP contribution >= 0.6 is 0 Å². The minimum atomic E-state index is -0.652. The molecule has 0 unspecified atom stereocenters. The zero-order chi connectivity index (χ0) is 22.0. The second-order valence-electron chi connectivity index (χ2n) is 8.23. The number of hydrogen-bond donors (Lipinski definition) is 4. The highest BCUT2D eigenvalue weighted by molar-refractivity contribution is 5.90. The molecule has 2 aromatic rings. The molecule has 1 fully saturated rings. The van der Waals surface area contributed by atoms with Crippen molar-refractivity contribution in [1.29, 1.82) is 5.26 Å². The first-order valence-electron chi connectivity index (χ1n) is 10.5. The van der Waals surface area contributed by atoms with E-state index in [1.807, 2.05) is 24.3 Å². The van der Waals surface area contributed by atoms with Crippen molar-refractivity contribution in [3.05, 3.63) is 58.8 Å². The lowest BCUT2D eigenvalue weighted by molar-refractivity contribution is -0.129. The van der Waals surface area contributed by atoms with Crippen LogP contribution in [0.2, 0.25) is 0 Å². The van der Waals surface area contributed by atoms with Gasteiger partial charge in [-0.25, -0.2) is 4.98 Å². The fraction of sp³-hybridized carbons (Fsp3) is 0.391. The van der Waals surface area contributed by atoms with Crippen LogP contribution in [0.3, 0.4) is 0 Å². The number of pyridine rings is 1. The average molecular weight is 419 g/mol. The van der Waals surface area contributed by atoms with E-state index in [1.54, 1.807) is 19.1 Å². The number of aromatic nitrogens is 1. The molecule has 1 aromatic heterocycles. The number of nitriles is 1. The van der Waals surface area contributed by atoms with Crippen molar-refractivity contribution >= 4 is 17.6 Å². The molecule has 1 aliphatic heterocycles. The van der Waals surface area contributed by atoms with E-state index in [1.165, 1.54) is 0 Å². The third-order valence-corrected chi connectivity index (χ3v) is 6.08. The molecule has 4 atom stereocenters. The van der Waals surface area contributed by atoms with Crippen LogP contribution in [0.25, 0.3) is 0 Å². The Morgan fingerprint density at radius 2 is 2.16 bits per heavy atom. The van der Waals surface area contributed by atoms with Gasteiger partial charge in [0, 0.05) is 12.2 Å². The molecule has 8 nitrogen and oxygen atoms in total. The molecule has 8 heteroatoms. The van der Waals surface area contributed by atoms with Crippen LogP contribution < -0.4 is 21.7 Å². The Kier molecular flexibility index (Phi) is 5.87. The number of aryl methyl sites for hydroxylation is 1. The minimum absolute atomic E-state index is 0.114. The molecule has 4 rings (SSSR count). The molecule has 0 bridgehead atoms. The van der Waals surface area contributed by atoms with E-state index in [2.05, 4.69) is 27.0 Å². The second kappa shape index (κ2) is 8.74. The van der Waals surface area contributed by atoms with Crippen LogP contribution in [0.4, 0.5) is 5.82 Å². The van der Waals surface area contributed by atoms with Crippen molar-refractivity contribution in [2.24, 2.45) is 0 Å². The summed E-state index contributed by atoms with van der Waals surface area (Å²) in [5.41, 5.74) is 9.30. The lowest BCUT2D eigenvalue weighted by Gasteiger charge is -2.20. The van der Waals surface area contributed by atoms with Crippen LogP contribution in [0, 0.1) is 11.3 Å². The Morgan fingerprint density at radius 3 is 2.97 bits per heavy atom. The number of nitrogens with zero attached hydrogens (tertiary/aromatic N) is 2. The van der Waals surface area contributed by atoms with Crippen LogP contribution in [0.5, 0.6) is 0 Å². The standard InChI is InChI=1S/C23H26N6O2/c1-13(22(30)29-19-7-6-18-17(19)5-8-21(25)28-18)27-23(31)20-10-16(12-26-20)15-4-2-3-14(9-15)11-24/h2-5,8-9,13,16,19-20,26H,6-7,10,12H2,1H3,(H2,25,28)(H,27,31)(H,29,30)/t13-,16-,19+,20+/m0/s1. The van der Waals surface area contributed by atoms with E-state index >= 15 is 0 Å². The SMILES string of the molecule is C[C@H](NC(=O)[C@H]1C[C@H](c2cccc(C#N)c2)CN1)C(=O)N[C@@H]1CCc2nc(N)ccc21. The molecular formula is C23H26N6O2. The summed E-state index contributed by atoms with van der Waals surface area (Å²) in [6.45, 7) is 2.34. The Labute approximate surface area is 181 Å². The highest BCUT2D eigenvalue weighted by atomic mass is 16.2. The molecule has 0 spiro atoms. The van der Waals surface area contributed by atoms with Gasteiger partial charge in [0.15, 0.2) is 0 Å². The number of amides is 2. The molecule has 5 N–H and O–H groups in total. The van der Waals surface area contributed by atoms with Gasteiger partial charge in [-0.2, -0.15) is 5.26 Å². The summed E-state index contributed by atoms with van der Waals surface area (Å²) in [4.78, 5) is 29.7. The summed E-state index contributed by atoms with van der Waals surface area (Å²) in [5, 5.41) is 18.2. The number of rotatable bonds is 5. The number of fused-ring (bicyclic) bond motifs is 1. The quantitative estimate of drug-likeness (QED) is 0.578. The average Bonchev–Trinajstić information content (AvgIpc) is 3.41. The number of carbonyl (C=O) groups excluding carboxylic acids is 2. The lowest BCUT2D eigenvalue weighted by atomic mass is 9.95. The Hall–Kier alpha value is -3.44. The largest absolute Gasteiger partial charge is 0.384 e. The number of carbonyl (C=O) groups is 2. The first-order valence-corrected chi connectivity index (χ1v) is 10.5. The molecule has 2 amide bonds. The molecule has 2 heterocycles. The Balaban J connectivity index is 1.31. The zero-order valence-electron chi connectivity index (χ0n) is 17.4. The number of benzene rings is 1. The summed E-state index contributed by atoms with van der Waals surface area (Å²) in [6, 6.07) is 12.1. The molecule has 160 valence electrons. The maximum atomic E-state index is 12.7. The lowest BCUT2D eigenvalue weighted by Crippen LogP contribution is -2.50. The van der Waals surface area contributed by atoms with Gasteiger partial charge in [-0.05, 0) is 61.4 Å². The molecule has 2 aliphatic rings. The second-order valence-corrected chi connectivity index (χ2v) is 8.23.